The van der Waals surface area contributed by atoms with E-state index in [1.165, 1.54) is 0 Å². The lowest BCUT2D eigenvalue weighted by Gasteiger charge is -2.19. The molecule has 1 heterocycles. The first kappa shape index (κ1) is 18.5. The number of benzene rings is 1. The van der Waals surface area contributed by atoms with Crippen molar-refractivity contribution in [2.75, 3.05) is 13.2 Å². The Morgan fingerprint density at radius 2 is 2.08 bits per heavy atom. The zero-order valence-corrected chi connectivity index (χ0v) is 16.0. The molecule has 0 atom stereocenters. The van der Waals surface area contributed by atoms with Crippen LogP contribution in [-0.2, 0) is 14.3 Å². The number of esters is 1. The van der Waals surface area contributed by atoms with Gasteiger partial charge >= 0.3 is 5.97 Å². The van der Waals surface area contributed by atoms with Crippen molar-refractivity contribution >= 4 is 33.9 Å². The molecule has 1 aromatic carbocycles. The largest absolute Gasteiger partial charge is 0.462 e. The lowest BCUT2D eigenvalue weighted by molar-refractivity contribution is -0.138. The predicted octanol–water partition coefficient (Wildman–Crippen LogP) is 4.17. The summed E-state index contributed by atoms with van der Waals surface area (Å²) in [7, 11) is 0. The molecule has 5 heteroatoms. The fraction of sp³-hybridized carbons (Fsp3) is 0.368. The molecule has 128 valence electrons. The molecule has 1 amide bonds. The van der Waals surface area contributed by atoms with E-state index in [-0.39, 0.29) is 12.5 Å². The van der Waals surface area contributed by atoms with Gasteiger partial charge in [-0.3, -0.25) is 4.79 Å². The lowest BCUT2D eigenvalue weighted by atomic mass is 10.0. The Labute approximate surface area is 151 Å². The third-order valence-electron chi connectivity index (χ3n) is 3.70. The molecule has 0 aliphatic carbocycles. The van der Waals surface area contributed by atoms with Crippen LogP contribution in [0.15, 0.2) is 45.6 Å². The van der Waals surface area contributed by atoms with Crippen LogP contribution in [-0.4, -0.2) is 29.9 Å². The summed E-state index contributed by atoms with van der Waals surface area (Å²) in [4.78, 5) is 26.9. The Hall–Kier alpha value is -1.88. The van der Waals surface area contributed by atoms with Crippen molar-refractivity contribution < 1.29 is 14.3 Å². The van der Waals surface area contributed by atoms with Crippen LogP contribution in [0.1, 0.15) is 33.3 Å². The van der Waals surface area contributed by atoms with Gasteiger partial charge in [-0.05, 0) is 43.5 Å². The topological polar surface area (TPSA) is 46.6 Å². The molecule has 0 unspecified atom stereocenters. The summed E-state index contributed by atoms with van der Waals surface area (Å²) in [5.74, 6) is -0.294. The highest BCUT2D eigenvalue weighted by molar-refractivity contribution is 9.10. The molecule has 4 nitrogen and oxygen atoms in total. The quantitative estimate of drug-likeness (QED) is 0.558. The molecule has 2 rings (SSSR count). The zero-order valence-electron chi connectivity index (χ0n) is 14.4. The monoisotopic (exact) mass is 391 g/mol. The predicted molar refractivity (Wildman–Crippen MR) is 98.0 cm³/mol. The minimum absolute atomic E-state index is 0.149. The van der Waals surface area contributed by atoms with E-state index in [9.17, 15) is 9.59 Å². The second kappa shape index (κ2) is 7.79. The van der Waals surface area contributed by atoms with Crippen molar-refractivity contribution in [2.45, 2.75) is 27.7 Å². The molecule has 1 aliphatic rings. The summed E-state index contributed by atoms with van der Waals surface area (Å²) in [5.41, 5.74) is 2.27. The van der Waals surface area contributed by atoms with E-state index >= 15 is 0 Å². The SMILES string of the molecule is CCOC(=O)C1=C(C)N(CC(C)C)C(=O)/C1=C/c1cccc(Br)c1. The zero-order chi connectivity index (χ0) is 17.9. The first-order valence-electron chi connectivity index (χ1n) is 8.02. The van der Waals surface area contributed by atoms with Crippen LogP contribution in [0.2, 0.25) is 0 Å². The molecular formula is C19H22BrNO3. The maximum atomic E-state index is 12.9. The number of nitrogens with zero attached hydrogens (tertiary/aromatic N) is 1. The van der Waals surface area contributed by atoms with E-state index in [0.29, 0.717) is 29.3 Å². The molecule has 1 aromatic rings. The third kappa shape index (κ3) is 3.96. The number of hydrogen-bond acceptors (Lipinski definition) is 3. The fourth-order valence-electron chi connectivity index (χ4n) is 2.68. The van der Waals surface area contributed by atoms with Gasteiger partial charge in [0.15, 0.2) is 0 Å². The van der Waals surface area contributed by atoms with Gasteiger partial charge in [-0.2, -0.15) is 0 Å². The second-order valence-corrected chi connectivity index (χ2v) is 7.02. The van der Waals surface area contributed by atoms with E-state index < -0.39 is 5.97 Å². The molecular weight excluding hydrogens is 370 g/mol. The molecule has 0 saturated carbocycles. The van der Waals surface area contributed by atoms with Gasteiger partial charge in [0.05, 0.1) is 17.8 Å². The minimum atomic E-state index is -0.448. The van der Waals surface area contributed by atoms with E-state index in [4.69, 9.17) is 4.74 Å². The first-order chi connectivity index (χ1) is 11.3. The number of ether oxygens (including phenoxy) is 1. The van der Waals surface area contributed by atoms with Gasteiger partial charge in [0.1, 0.15) is 0 Å². The van der Waals surface area contributed by atoms with Crippen molar-refractivity contribution in [3.05, 3.63) is 51.1 Å². The molecule has 0 radical (unpaired) electrons. The molecule has 0 saturated heterocycles. The highest BCUT2D eigenvalue weighted by Crippen LogP contribution is 2.32. The summed E-state index contributed by atoms with van der Waals surface area (Å²) in [6.45, 7) is 8.49. The molecule has 1 aliphatic heterocycles. The summed E-state index contributed by atoms with van der Waals surface area (Å²) in [5, 5.41) is 0. The van der Waals surface area contributed by atoms with Crippen molar-refractivity contribution in [1.82, 2.24) is 4.90 Å². The maximum Gasteiger partial charge on any atom is 0.340 e. The Bertz CT molecular complexity index is 719. The Morgan fingerprint density at radius 3 is 2.67 bits per heavy atom. The molecule has 0 bridgehead atoms. The Balaban J connectivity index is 2.51. The number of allylic oxidation sites excluding steroid dienone is 1. The first-order valence-corrected chi connectivity index (χ1v) is 8.82. The lowest BCUT2D eigenvalue weighted by Crippen LogP contribution is -2.28. The number of hydrogen-bond donors (Lipinski definition) is 0. The maximum absolute atomic E-state index is 12.9. The van der Waals surface area contributed by atoms with Crippen LogP contribution in [0.4, 0.5) is 0 Å². The van der Waals surface area contributed by atoms with Gasteiger partial charge < -0.3 is 9.64 Å². The van der Waals surface area contributed by atoms with Crippen LogP contribution in [0, 0.1) is 5.92 Å². The Morgan fingerprint density at radius 1 is 1.38 bits per heavy atom. The van der Waals surface area contributed by atoms with Gasteiger partial charge in [0.2, 0.25) is 0 Å². The van der Waals surface area contributed by atoms with Gasteiger partial charge in [-0.15, -0.1) is 0 Å². The van der Waals surface area contributed by atoms with E-state index in [1.807, 2.05) is 38.1 Å². The summed E-state index contributed by atoms with van der Waals surface area (Å²) in [6, 6.07) is 7.61. The van der Waals surface area contributed by atoms with Gasteiger partial charge in [0, 0.05) is 16.7 Å². The standard InChI is InChI=1S/C19H22BrNO3/c1-5-24-19(23)17-13(4)21(11-12(2)3)18(22)16(17)10-14-7-6-8-15(20)9-14/h6-10,12H,5,11H2,1-4H3/b16-10+. The minimum Gasteiger partial charge on any atom is -0.462 e. The average Bonchev–Trinajstić information content (AvgIpc) is 2.72. The smallest absolute Gasteiger partial charge is 0.340 e. The van der Waals surface area contributed by atoms with Gasteiger partial charge in [-0.1, -0.05) is 41.9 Å². The number of amides is 1. The normalized spacial score (nSPS) is 16.5. The molecule has 0 fully saturated rings. The summed E-state index contributed by atoms with van der Waals surface area (Å²) < 4.78 is 6.08. The van der Waals surface area contributed by atoms with Crippen LogP contribution < -0.4 is 0 Å². The van der Waals surface area contributed by atoms with Crippen LogP contribution >= 0.6 is 15.9 Å². The van der Waals surface area contributed by atoms with Crippen molar-refractivity contribution in [3.63, 3.8) is 0 Å². The van der Waals surface area contributed by atoms with E-state index in [1.54, 1.807) is 24.8 Å². The van der Waals surface area contributed by atoms with E-state index in [2.05, 4.69) is 15.9 Å². The number of halogens is 1. The highest BCUT2D eigenvalue weighted by atomic mass is 79.9. The fourth-order valence-corrected chi connectivity index (χ4v) is 3.09. The van der Waals surface area contributed by atoms with Crippen LogP contribution in [0.5, 0.6) is 0 Å². The molecule has 0 N–H and O–H groups in total. The molecule has 0 aromatic heterocycles. The molecule has 24 heavy (non-hydrogen) atoms. The average molecular weight is 392 g/mol. The van der Waals surface area contributed by atoms with Crippen molar-refractivity contribution in [3.8, 4) is 0 Å². The number of carbonyl (C=O) groups excluding carboxylic acids is 2. The number of rotatable bonds is 5. The highest BCUT2D eigenvalue weighted by Gasteiger charge is 2.37. The third-order valence-corrected chi connectivity index (χ3v) is 4.19. The number of carbonyl (C=O) groups is 2. The second-order valence-electron chi connectivity index (χ2n) is 6.10. The van der Waals surface area contributed by atoms with Crippen LogP contribution in [0.25, 0.3) is 6.08 Å². The van der Waals surface area contributed by atoms with Gasteiger partial charge in [0.25, 0.3) is 5.91 Å². The summed E-state index contributed by atoms with van der Waals surface area (Å²) >= 11 is 3.42. The molecule has 0 spiro atoms. The van der Waals surface area contributed by atoms with Crippen molar-refractivity contribution in [1.29, 1.82) is 0 Å². The summed E-state index contributed by atoms with van der Waals surface area (Å²) in [6.07, 6.45) is 1.75. The van der Waals surface area contributed by atoms with Crippen LogP contribution in [0.3, 0.4) is 0 Å². The Kier molecular flexibility index (Phi) is 5.99. The van der Waals surface area contributed by atoms with E-state index in [0.717, 1.165) is 10.0 Å². The van der Waals surface area contributed by atoms with Crippen molar-refractivity contribution in [2.24, 2.45) is 5.92 Å². The van der Waals surface area contributed by atoms with Gasteiger partial charge in [-0.25, -0.2) is 4.79 Å².